The summed E-state index contributed by atoms with van der Waals surface area (Å²) >= 11 is 0. The SMILES string of the molecule is CO[C@@H](C(=O)N1CCC(c2n[nH]c(C)n2)CC1)c1ccccc1. The van der Waals surface area contributed by atoms with Crippen LogP contribution in [-0.4, -0.2) is 46.2 Å². The molecule has 6 heteroatoms. The van der Waals surface area contributed by atoms with Crippen LogP contribution in [0.25, 0.3) is 0 Å². The molecule has 1 aromatic heterocycles. The Morgan fingerprint density at radius 2 is 2.00 bits per heavy atom. The summed E-state index contributed by atoms with van der Waals surface area (Å²) in [6.07, 6.45) is 1.24. The van der Waals surface area contributed by atoms with Gasteiger partial charge in [-0.25, -0.2) is 4.98 Å². The smallest absolute Gasteiger partial charge is 0.256 e. The number of benzene rings is 1. The summed E-state index contributed by atoms with van der Waals surface area (Å²) in [5, 5.41) is 7.13. The Morgan fingerprint density at radius 1 is 1.30 bits per heavy atom. The van der Waals surface area contributed by atoms with E-state index in [9.17, 15) is 4.79 Å². The van der Waals surface area contributed by atoms with Crippen LogP contribution in [0, 0.1) is 6.92 Å². The van der Waals surface area contributed by atoms with Crippen molar-refractivity contribution in [3.05, 3.63) is 47.5 Å². The molecular formula is C17H22N4O2. The van der Waals surface area contributed by atoms with Gasteiger partial charge in [0.25, 0.3) is 5.91 Å². The van der Waals surface area contributed by atoms with Gasteiger partial charge in [-0.05, 0) is 25.3 Å². The van der Waals surface area contributed by atoms with Crippen molar-refractivity contribution in [2.75, 3.05) is 20.2 Å². The van der Waals surface area contributed by atoms with Crippen molar-refractivity contribution >= 4 is 5.91 Å². The van der Waals surface area contributed by atoms with Crippen LogP contribution in [0.5, 0.6) is 0 Å². The van der Waals surface area contributed by atoms with Gasteiger partial charge in [0.15, 0.2) is 11.9 Å². The van der Waals surface area contributed by atoms with Crippen molar-refractivity contribution in [3.63, 3.8) is 0 Å². The number of methoxy groups -OCH3 is 1. The fraction of sp³-hybridized carbons (Fsp3) is 0.471. The van der Waals surface area contributed by atoms with E-state index in [0.29, 0.717) is 19.0 Å². The van der Waals surface area contributed by atoms with Crippen LogP contribution in [0.1, 0.15) is 42.1 Å². The fourth-order valence-corrected chi connectivity index (χ4v) is 3.07. The summed E-state index contributed by atoms with van der Waals surface area (Å²) in [6, 6.07) is 9.63. The highest BCUT2D eigenvalue weighted by Crippen LogP contribution is 2.28. The molecule has 122 valence electrons. The third-order valence-electron chi connectivity index (χ3n) is 4.35. The molecule has 1 amide bonds. The second-order valence-electron chi connectivity index (χ2n) is 5.91. The largest absolute Gasteiger partial charge is 0.367 e. The molecule has 1 aliphatic heterocycles. The molecular weight excluding hydrogens is 292 g/mol. The molecule has 2 heterocycles. The molecule has 1 saturated heterocycles. The number of piperidine rings is 1. The van der Waals surface area contributed by atoms with Crippen LogP contribution < -0.4 is 0 Å². The number of hydrogen-bond acceptors (Lipinski definition) is 4. The number of aryl methyl sites for hydroxylation is 1. The quantitative estimate of drug-likeness (QED) is 0.939. The molecule has 1 aromatic carbocycles. The van der Waals surface area contributed by atoms with E-state index in [4.69, 9.17) is 4.74 Å². The predicted molar refractivity (Wildman–Crippen MR) is 85.9 cm³/mol. The monoisotopic (exact) mass is 314 g/mol. The number of likely N-dealkylation sites (tertiary alicyclic amines) is 1. The minimum Gasteiger partial charge on any atom is -0.367 e. The van der Waals surface area contributed by atoms with Gasteiger partial charge < -0.3 is 9.64 Å². The van der Waals surface area contributed by atoms with E-state index in [1.54, 1.807) is 7.11 Å². The lowest BCUT2D eigenvalue weighted by Crippen LogP contribution is -2.41. The van der Waals surface area contributed by atoms with Gasteiger partial charge in [-0.3, -0.25) is 9.89 Å². The van der Waals surface area contributed by atoms with Crippen LogP contribution in [0.4, 0.5) is 0 Å². The van der Waals surface area contributed by atoms with Crippen LogP contribution >= 0.6 is 0 Å². The summed E-state index contributed by atoms with van der Waals surface area (Å²) in [6.45, 7) is 3.33. The Kier molecular flexibility index (Phi) is 4.71. The number of ether oxygens (including phenoxy) is 1. The summed E-state index contributed by atoms with van der Waals surface area (Å²) in [5.74, 6) is 2.05. The maximum Gasteiger partial charge on any atom is 0.256 e. The Hall–Kier alpha value is -2.21. The van der Waals surface area contributed by atoms with Gasteiger partial charge in [0.05, 0.1) is 0 Å². The van der Waals surface area contributed by atoms with Gasteiger partial charge in [-0.2, -0.15) is 5.10 Å². The molecule has 6 nitrogen and oxygen atoms in total. The third-order valence-corrected chi connectivity index (χ3v) is 4.35. The maximum atomic E-state index is 12.7. The zero-order chi connectivity index (χ0) is 16.2. The average molecular weight is 314 g/mol. The molecule has 0 aliphatic carbocycles. The van der Waals surface area contributed by atoms with Crippen molar-refractivity contribution in [1.82, 2.24) is 20.1 Å². The van der Waals surface area contributed by atoms with Gasteiger partial charge in [0, 0.05) is 26.1 Å². The zero-order valence-electron chi connectivity index (χ0n) is 13.5. The van der Waals surface area contributed by atoms with Gasteiger partial charge in [-0.15, -0.1) is 0 Å². The van der Waals surface area contributed by atoms with E-state index in [0.717, 1.165) is 30.1 Å². The highest BCUT2D eigenvalue weighted by Gasteiger charge is 2.30. The number of H-pyrrole nitrogens is 1. The second-order valence-corrected chi connectivity index (χ2v) is 5.91. The molecule has 1 aliphatic rings. The van der Waals surface area contributed by atoms with E-state index in [-0.39, 0.29) is 5.91 Å². The molecule has 0 unspecified atom stereocenters. The van der Waals surface area contributed by atoms with Crippen LogP contribution in [-0.2, 0) is 9.53 Å². The van der Waals surface area contributed by atoms with Gasteiger partial charge in [-0.1, -0.05) is 30.3 Å². The fourth-order valence-electron chi connectivity index (χ4n) is 3.07. The van der Waals surface area contributed by atoms with Crippen LogP contribution in [0.3, 0.4) is 0 Å². The number of hydrogen-bond donors (Lipinski definition) is 1. The number of aromatic nitrogens is 3. The number of nitrogens with zero attached hydrogens (tertiary/aromatic N) is 3. The van der Waals surface area contributed by atoms with Crippen molar-refractivity contribution in [2.45, 2.75) is 31.8 Å². The number of carbonyl (C=O) groups excluding carboxylic acids is 1. The van der Waals surface area contributed by atoms with Crippen LogP contribution in [0.2, 0.25) is 0 Å². The standard InChI is InChI=1S/C17H22N4O2/c1-12-18-16(20-19-12)14-8-10-21(11-9-14)17(22)15(23-2)13-6-4-3-5-7-13/h3-7,14-15H,8-11H2,1-2H3,(H,18,19,20)/t15-/m1/s1. The molecule has 1 N–H and O–H groups in total. The van der Waals surface area contributed by atoms with E-state index in [1.807, 2.05) is 42.2 Å². The number of carbonyl (C=O) groups is 1. The zero-order valence-corrected chi connectivity index (χ0v) is 13.5. The summed E-state index contributed by atoms with van der Waals surface area (Å²) in [7, 11) is 1.58. The molecule has 3 rings (SSSR count). The first-order valence-electron chi connectivity index (χ1n) is 7.94. The Labute approximate surface area is 135 Å². The second kappa shape index (κ2) is 6.91. The van der Waals surface area contributed by atoms with Crippen molar-refractivity contribution < 1.29 is 9.53 Å². The minimum absolute atomic E-state index is 0.0308. The summed E-state index contributed by atoms with van der Waals surface area (Å²) in [4.78, 5) is 19.0. The number of nitrogens with one attached hydrogen (secondary N) is 1. The summed E-state index contributed by atoms with van der Waals surface area (Å²) < 4.78 is 5.45. The Morgan fingerprint density at radius 3 is 2.57 bits per heavy atom. The Bertz CT molecular complexity index is 648. The van der Waals surface area contributed by atoms with E-state index < -0.39 is 6.10 Å². The lowest BCUT2D eigenvalue weighted by Gasteiger charge is -2.33. The number of amides is 1. The highest BCUT2D eigenvalue weighted by molar-refractivity contribution is 5.82. The maximum absolute atomic E-state index is 12.7. The van der Waals surface area contributed by atoms with Crippen LogP contribution in [0.15, 0.2) is 30.3 Å². The first-order chi connectivity index (χ1) is 11.2. The normalized spacial score (nSPS) is 17.2. The molecule has 23 heavy (non-hydrogen) atoms. The lowest BCUT2D eigenvalue weighted by atomic mass is 9.95. The average Bonchev–Trinajstić information content (AvgIpc) is 3.03. The van der Waals surface area contributed by atoms with Gasteiger partial charge >= 0.3 is 0 Å². The molecule has 1 fully saturated rings. The van der Waals surface area contributed by atoms with Crippen molar-refractivity contribution in [3.8, 4) is 0 Å². The number of aromatic amines is 1. The van der Waals surface area contributed by atoms with Crippen molar-refractivity contribution in [1.29, 1.82) is 0 Å². The lowest BCUT2D eigenvalue weighted by molar-refractivity contribution is -0.143. The molecule has 2 aromatic rings. The molecule has 1 atom stereocenters. The first-order valence-corrected chi connectivity index (χ1v) is 7.94. The minimum atomic E-state index is -0.529. The topological polar surface area (TPSA) is 71.1 Å². The summed E-state index contributed by atoms with van der Waals surface area (Å²) in [5.41, 5.74) is 0.895. The van der Waals surface area contributed by atoms with Gasteiger partial charge in [0.1, 0.15) is 5.82 Å². The van der Waals surface area contributed by atoms with Crippen molar-refractivity contribution in [2.24, 2.45) is 0 Å². The van der Waals surface area contributed by atoms with E-state index in [1.165, 1.54) is 0 Å². The number of rotatable bonds is 4. The highest BCUT2D eigenvalue weighted by atomic mass is 16.5. The third kappa shape index (κ3) is 3.42. The van der Waals surface area contributed by atoms with E-state index in [2.05, 4.69) is 15.2 Å². The molecule has 0 bridgehead atoms. The molecule has 0 saturated carbocycles. The first kappa shape index (κ1) is 15.7. The molecule has 0 spiro atoms. The van der Waals surface area contributed by atoms with Gasteiger partial charge in [0.2, 0.25) is 0 Å². The Balaban J connectivity index is 1.63. The predicted octanol–water partition coefficient (Wildman–Crippen LogP) is 2.21. The molecule has 0 radical (unpaired) electrons. The van der Waals surface area contributed by atoms with E-state index >= 15 is 0 Å².